The summed E-state index contributed by atoms with van der Waals surface area (Å²) in [5.74, 6) is 0.0248. The Morgan fingerprint density at radius 3 is 2.31 bits per heavy atom. The van der Waals surface area contributed by atoms with Crippen LogP contribution in [0.1, 0.15) is 12.6 Å². The van der Waals surface area contributed by atoms with E-state index in [9.17, 15) is 14.0 Å². The number of carbonyl (C=O) groups is 2. The minimum absolute atomic E-state index is 0.0425. The monoisotopic (exact) mass is 394 g/mol. The van der Waals surface area contributed by atoms with Gasteiger partial charge in [0.1, 0.15) is 23.4 Å². The molecule has 1 unspecified atom stereocenters. The summed E-state index contributed by atoms with van der Waals surface area (Å²) in [7, 11) is 0. The van der Waals surface area contributed by atoms with Gasteiger partial charge in [-0.1, -0.05) is 0 Å². The largest absolute Gasteiger partial charge is 0.457 e. The van der Waals surface area contributed by atoms with E-state index in [0.717, 1.165) is 0 Å². The van der Waals surface area contributed by atoms with Crippen molar-refractivity contribution in [2.75, 3.05) is 5.32 Å². The fraction of sp³-hybridized carbons (Fsp3) is 0.143. The van der Waals surface area contributed by atoms with E-state index in [1.807, 2.05) is 0 Å². The van der Waals surface area contributed by atoms with Gasteiger partial charge in [0.05, 0.1) is 12.1 Å². The van der Waals surface area contributed by atoms with Gasteiger partial charge in [-0.25, -0.2) is 4.39 Å². The number of hydrogen-bond acceptors (Lipinski definition) is 5. The summed E-state index contributed by atoms with van der Waals surface area (Å²) in [5.41, 5.74) is 1.07. The molecule has 0 bridgehead atoms. The molecular formula is C21H19FN4O3. The highest BCUT2D eigenvalue weighted by Crippen LogP contribution is 2.23. The van der Waals surface area contributed by atoms with Crippen LogP contribution in [0.2, 0.25) is 0 Å². The Balaban J connectivity index is 1.50. The van der Waals surface area contributed by atoms with Gasteiger partial charge in [-0.05, 0) is 55.5 Å². The van der Waals surface area contributed by atoms with Crippen LogP contribution in [-0.4, -0.2) is 27.8 Å². The van der Waals surface area contributed by atoms with Crippen LogP contribution in [0.15, 0.2) is 67.1 Å². The third-order valence-corrected chi connectivity index (χ3v) is 3.90. The zero-order chi connectivity index (χ0) is 20.6. The molecule has 0 saturated heterocycles. The summed E-state index contributed by atoms with van der Waals surface area (Å²) in [4.78, 5) is 32.2. The number of anilines is 1. The third kappa shape index (κ3) is 6.10. The van der Waals surface area contributed by atoms with Crippen molar-refractivity contribution in [1.82, 2.24) is 15.3 Å². The lowest BCUT2D eigenvalue weighted by atomic mass is 10.2. The van der Waals surface area contributed by atoms with E-state index in [2.05, 4.69) is 20.6 Å². The number of benzene rings is 2. The van der Waals surface area contributed by atoms with Crippen molar-refractivity contribution in [1.29, 1.82) is 0 Å². The molecule has 29 heavy (non-hydrogen) atoms. The number of hydrogen-bond donors (Lipinski definition) is 2. The highest BCUT2D eigenvalue weighted by molar-refractivity contribution is 5.97. The van der Waals surface area contributed by atoms with Crippen LogP contribution in [0.25, 0.3) is 0 Å². The Labute approximate surface area is 167 Å². The molecule has 0 aliphatic carbocycles. The first kappa shape index (κ1) is 19.9. The number of aromatic nitrogens is 2. The molecule has 7 nitrogen and oxygen atoms in total. The fourth-order valence-corrected chi connectivity index (χ4v) is 2.44. The van der Waals surface area contributed by atoms with Crippen molar-refractivity contribution < 1.29 is 18.7 Å². The number of amides is 2. The van der Waals surface area contributed by atoms with Crippen LogP contribution in [0.5, 0.6) is 11.5 Å². The predicted molar refractivity (Wildman–Crippen MR) is 105 cm³/mol. The van der Waals surface area contributed by atoms with Gasteiger partial charge in [-0.2, -0.15) is 0 Å². The second-order valence-electron chi connectivity index (χ2n) is 6.23. The molecule has 8 heteroatoms. The first-order chi connectivity index (χ1) is 14.0. The minimum Gasteiger partial charge on any atom is -0.457 e. The molecule has 0 fully saturated rings. The van der Waals surface area contributed by atoms with Crippen molar-refractivity contribution in [3.63, 3.8) is 0 Å². The second-order valence-corrected chi connectivity index (χ2v) is 6.23. The van der Waals surface area contributed by atoms with Gasteiger partial charge in [0.2, 0.25) is 11.8 Å². The fourth-order valence-electron chi connectivity index (χ4n) is 2.44. The molecule has 0 aliphatic heterocycles. The van der Waals surface area contributed by atoms with Crippen LogP contribution in [0.3, 0.4) is 0 Å². The van der Waals surface area contributed by atoms with Gasteiger partial charge in [-0.15, -0.1) is 0 Å². The topological polar surface area (TPSA) is 93.2 Å². The van der Waals surface area contributed by atoms with Gasteiger partial charge in [0, 0.05) is 24.3 Å². The minimum atomic E-state index is -0.727. The predicted octanol–water partition coefficient (Wildman–Crippen LogP) is 3.09. The second kappa shape index (κ2) is 9.41. The lowest BCUT2D eigenvalue weighted by Crippen LogP contribution is -2.42. The van der Waals surface area contributed by atoms with Crippen molar-refractivity contribution in [3.05, 3.63) is 78.6 Å². The van der Waals surface area contributed by atoms with E-state index < -0.39 is 6.04 Å². The van der Waals surface area contributed by atoms with Gasteiger partial charge in [0.15, 0.2) is 0 Å². The zero-order valence-electron chi connectivity index (χ0n) is 15.6. The van der Waals surface area contributed by atoms with Gasteiger partial charge in [-0.3, -0.25) is 19.6 Å². The molecule has 0 saturated carbocycles. The third-order valence-electron chi connectivity index (χ3n) is 3.90. The SMILES string of the molecule is CC(NC(=O)Cc1cnccn1)C(=O)Nc1ccc(Oc2ccc(F)cc2)cc1. The Hall–Kier alpha value is -3.81. The van der Waals surface area contributed by atoms with Crippen molar-refractivity contribution in [2.45, 2.75) is 19.4 Å². The standard InChI is InChI=1S/C21H19FN4O3/c1-14(25-20(27)12-17-13-23-10-11-24-17)21(28)26-16-4-8-19(9-5-16)29-18-6-2-15(22)3-7-18/h2-11,13-14H,12H2,1H3,(H,25,27)(H,26,28). The van der Waals surface area contributed by atoms with Crippen LogP contribution < -0.4 is 15.4 Å². The van der Waals surface area contributed by atoms with E-state index in [1.54, 1.807) is 31.2 Å². The normalized spacial score (nSPS) is 11.4. The Kier molecular flexibility index (Phi) is 6.47. The van der Waals surface area contributed by atoms with Gasteiger partial charge >= 0.3 is 0 Å². The molecule has 2 amide bonds. The molecule has 2 N–H and O–H groups in total. The lowest BCUT2D eigenvalue weighted by molar-refractivity contribution is -0.125. The van der Waals surface area contributed by atoms with E-state index >= 15 is 0 Å². The van der Waals surface area contributed by atoms with E-state index in [1.165, 1.54) is 42.9 Å². The number of halogens is 1. The van der Waals surface area contributed by atoms with E-state index in [-0.39, 0.29) is 24.1 Å². The molecule has 0 aliphatic rings. The average Bonchev–Trinajstić information content (AvgIpc) is 2.71. The summed E-state index contributed by atoms with van der Waals surface area (Å²) < 4.78 is 18.5. The molecule has 148 valence electrons. The number of nitrogens with one attached hydrogen (secondary N) is 2. The molecule has 1 heterocycles. The summed E-state index contributed by atoms with van der Waals surface area (Å²) in [6, 6.07) is 11.6. The molecular weight excluding hydrogens is 375 g/mol. The molecule has 1 aromatic heterocycles. The first-order valence-electron chi connectivity index (χ1n) is 8.88. The van der Waals surface area contributed by atoms with E-state index in [0.29, 0.717) is 22.9 Å². The molecule has 0 radical (unpaired) electrons. The summed E-state index contributed by atoms with van der Waals surface area (Å²) in [6.07, 6.45) is 4.57. The van der Waals surface area contributed by atoms with Crippen molar-refractivity contribution >= 4 is 17.5 Å². The maximum atomic E-state index is 12.9. The van der Waals surface area contributed by atoms with Crippen LogP contribution in [0, 0.1) is 5.82 Å². The maximum Gasteiger partial charge on any atom is 0.246 e. The first-order valence-corrected chi connectivity index (χ1v) is 8.88. The van der Waals surface area contributed by atoms with Crippen LogP contribution in [0.4, 0.5) is 10.1 Å². The van der Waals surface area contributed by atoms with Gasteiger partial charge < -0.3 is 15.4 Å². The summed E-state index contributed by atoms with van der Waals surface area (Å²) >= 11 is 0. The van der Waals surface area contributed by atoms with E-state index in [4.69, 9.17) is 4.74 Å². The van der Waals surface area contributed by atoms with Gasteiger partial charge in [0.25, 0.3) is 0 Å². The highest BCUT2D eigenvalue weighted by atomic mass is 19.1. The average molecular weight is 394 g/mol. The molecule has 3 rings (SSSR count). The number of carbonyl (C=O) groups excluding carboxylic acids is 2. The molecule has 2 aromatic carbocycles. The molecule has 0 spiro atoms. The van der Waals surface area contributed by atoms with Crippen molar-refractivity contribution in [3.8, 4) is 11.5 Å². The quantitative estimate of drug-likeness (QED) is 0.642. The Bertz CT molecular complexity index is 963. The highest BCUT2D eigenvalue weighted by Gasteiger charge is 2.16. The zero-order valence-corrected chi connectivity index (χ0v) is 15.6. The lowest BCUT2D eigenvalue weighted by Gasteiger charge is -2.14. The summed E-state index contributed by atoms with van der Waals surface area (Å²) in [5, 5.41) is 5.35. The maximum absolute atomic E-state index is 12.9. The smallest absolute Gasteiger partial charge is 0.246 e. The molecule has 3 aromatic rings. The van der Waals surface area contributed by atoms with Crippen molar-refractivity contribution in [2.24, 2.45) is 0 Å². The van der Waals surface area contributed by atoms with Crippen LogP contribution >= 0.6 is 0 Å². The van der Waals surface area contributed by atoms with Crippen LogP contribution in [-0.2, 0) is 16.0 Å². The number of nitrogens with zero attached hydrogens (tertiary/aromatic N) is 2. The number of ether oxygens (including phenoxy) is 1. The summed E-state index contributed by atoms with van der Waals surface area (Å²) in [6.45, 7) is 1.59. The number of rotatable bonds is 7. The molecule has 1 atom stereocenters. The Morgan fingerprint density at radius 2 is 1.69 bits per heavy atom. The Morgan fingerprint density at radius 1 is 1.03 bits per heavy atom.